The maximum Gasteiger partial charge on any atom is 0.255 e. The average molecular weight is 578 g/mol. The second-order valence-corrected chi connectivity index (χ2v) is 11.7. The Morgan fingerprint density at radius 2 is 1.76 bits per heavy atom. The third-order valence-corrected chi connectivity index (χ3v) is 9.20. The second-order valence-electron chi connectivity index (χ2n) is 11.7. The van der Waals surface area contributed by atoms with E-state index in [1.165, 1.54) is 19.0 Å². The van der Waals surface area contributed by atoms with E-state index in [-0.39, 0.29) is 43.6 Å². The zero-order valence-electron chi connectivity index (χ0n) is 22.8. The van der Waals surface area contributed by atoms with Crippen molar-refractivity contribution >= 4 is 17.5 Å². The molecule has 1 aromatic carbocycles. The molecule has 1 saturated heterocycles. The van der Waals surface area contributed by atoms with E-state index in [0.717, 1.165) is 0 Å². The van der Waals surface area contributed by atoms with Crippen LogP contribution in [0.15, 0.2) is 34.8 Å². The van der Waals surface area contributed by atoms with Crippen molar-refractivity contribution in [2.45, 2.75) is 55.9 Å². The Morgan fingerprint density at radius 3 is 2.32 bits per heavy atom. The molecule has 1 aromatic rings. The van der Waals surface area contributed by atoms with Crippen LogP contribution >= 0.6 is 0 Å². The third-order valence-electron chi connectivity index (χ3n) is 9.20. The standard InChI is InChI=1S/C28H33F2N3O8/c1-11-13-5-4-12(10-33-8-6-27(29,30)7-9-33)20(34)15(13)21(35)16-14(11)22(36)18-19(32(2)3)23(37)17(26(31)40)25(39)28(18,41)24(16)38/h4-5,11,14,18-19,22,34,36-38,41H,6-10H2,1-3H3,(H2,31,40)/t11-,14?,18?,19-,22-,28-/m0/s1. The lowest BCUT2D eigenvalue weighted by Gasteiger charge is -2.53. The number of Topliss-reactive ketones (excluding diaryl/α,β-unsaturated/α-hetero) is 2. The van der Waals surface area contributed by atoms with Gasteiger partial charge in [-0.05, 0) is 25.6 Å². The molecule has 222 valence electrons. The van der Waals surface area contributed by atoms with E-state index < -0.39 is 87.3 Å². The van der Waals surface area contributed by atoms with E-state index in [1.807, 2.05) is 0 Å². The van der Waals surface area contributed by atoms with E-state index in [9.17, 15) is 48.7 Å². The summed E-state index contributed by atoms with van der Waals surface area (Å²) in [6.07, 6.45) is -2.36. The van der Waals surface area contributed by atoms with Crippen LogP contribution in [-0.2, 0) is 16.1 Å². The van der Waals surface area contributed by atoms with E-state index in [4.69, 9.17) is 5.73 Å². The van der Waals surface area contributed by atoms with Crippen molar-refractivity contribution in [3.63, 3.8) is 0 Å². The fraction of sp³-hybridized carbons (Fsp3) is 0.536. The number of hydrogen-bond donors (Lipinski definition) is 6. The predicted octanol–water partition coefficient (Wildman–Crippen LogP) is 0.884. The monoisotopic (exact) mass is 577 g/mol. The molecule has 0 radical (unpaired) electrons. The van der Waals surface area contributed by atoms with Crippen LogP contribution in [0.1, 0.15) is 47.2 Å². The molecule has 1 amide bonds. The molecule has 6 atom stereocenters. The summed E-state index contributed by atoms with van der Waals surface area (Å²) < 4.78 is 27.2. The second kappa shape index (κ2) is 9.58. The molecular weight excluding hydrogens is 544 g/mol. The normalized spacial score (nSPS) is 33.5. The minimum atomic E-state index is -2.99. The van der Waals surface area contributed by atoms with Gasteiger partial charge in [0.2, 0.25) is 5.78 Å². The third kappa shape index (κ3) is 4.09. The van der Waals surface area contributed by atoms with E-state index in [1.54, 1.807) is 24.0 Å². The van der Waals surface area contributed by atoms with E-state index >= 15 is 0 Å². The Morgan fingerprint density at radius 1 is 1.15 bits per heavy atom. The van der Waals surface area contributed by atoms with Crippen molar-refractivity contribution in [3.05, 3.63) is 51.5 Å². The summed E-state index contributed by atoms with van der Waals surface area (Å²) in [5.41, 5.74) is 1.30. The summed E-state index contributed by atoms with van der Waals surface area (Å²) in [5, 5.41) is 56.9. The number of alkyl halides is 2. The molecule has 0 aromatic heterocycles. The molecule has 11 nitrogen and oxygen atoms in total. The van der Waals surface area contributed by atoms with Gasteiger partial charge in [0.05, 0.1) is 23.6 Å². The number of ketones is 2. The van der Waals surface area contributed by atoms with Crippen molar-refractivity contribution in [1.82, 2.24) is 9.80 Å². The Balaban J connectivity index is 1.63. The molecule has 4 aliphatic rings. The van der Waals surface area contributed by atoms with Crippen LogP contribution < -0.4 is 5.73 Å². The molecule has 3 aliphatic carbocycles. The Bertz CT molecular complexity index is 1410. The van der Waals surface area contributed by atoms with Crippen LogP contribution in [0.2, 0.25) is 0 Å². The lowest BCUT2D eigenvalue weighted by molar-refractivity contribution is -0.162. The minimum absolute atomic E-state index is 0.0784. The zero-order chi connectivity index (χ0) is 30.3. The predicted molar refractivity (Wildman–Crippen MR) is 139 cm³/mol. The minimum Gasteiger partial charge on any atom is -0.510 e. The quantitative estimate of drug-likeness (QED) is 0.281. The molecule has 1 heterocycles. The maximum atomic E-state index is 13.9. The number of likely N-dealkylation sites (N-methyl/N-ethyl adjacent to an activating group) is 1. The van der Waals surface area contributed by atoms with Gasteiger partial charge in [-0.1, -0.05) is 19.1 Å². The first-order chi connectivity index (χ1) is 19.0. The molecule has 0 spiro atoms. The Labute approximate surface area is 234 Å². The number of fused-ring (bicyclic) bond motifs is 3. The van der Waals surface area contributed by atoms with Crippen LogP contribution in [0, 0.1) is 11.8 Å². The number of nitrogens with zero attached hydrogens (tertiary/aromatic N) is 2. The lowest BCUT2D eigenvalue weighted by atomic mass is 9.55. The summed E-state index contributed by atoms with van der Waals surface area (Å²) in [6, 6.07) is 1.83. The molecule has 2 unspecified atom stereocenters. The number of aliphatic hydroxyl groups excluding tert-OH is 3. The number of carbonyl (C=O) groups excluding carboxylic acids is 3. The molecule has 7 N–H and O–H groups in total. The number of phenols is 1. The number of amides is 1. The highest BCUT2D eigenvalue weighted by molar-refractivity contribution is 6.25. The Kier molecular flexibility index (Phi) is 6.80. The molecule has 5 rings (SSSR count). The van der Waals surface area contributed by atoms with Crippen LogP contribution in [0.3, 0.4) is 0 Å². The van der Waals surface area contributed by atoms with Crippen LogP contribution in [0.25, 0.3) is 0 Å². The summed E-state index contributed by atoms with van der Waals surface area (Å²) in [4.78, 5) is 42.6. The van der Waals surface area contributed by atoms with Crippen LogP contribution in [-0.4, -0.2) is 104 Å². The van der Waals surface area contributed by atoms with Crippen LogP contribution in [0.5, 0.6) is 5.75 Å². The van der Waals surface area contributed by atoms with Gasteiger partial charge >= 0.3 is 0 Å². The number of likely N-dealkylation sites (tertiary alicyclic amines) is 1. The smallest absolute Gasteiger partial charge is 0.255 e. The van der Waals surface area contributed by atoms with Gasteiger partial charge in [0.15, 0.2) is 11.4 Å². The number of aromatic hydroxyl groups is 1. The molecule has 1 aliphatic heterocycles. The van der Waals surface area contributed by atoms with Gasteiger partial charge in [0, 0.05) is 49.5 Å². The highest BCUT2D eigenvalue weighted by atomic mass is 19.3. The van der Waals surface area contributed by atoms with Gasteiger partial charge in [-0.15, -0.1) is 0 Å². The van der Waals surface area contributed by atoms with Gasteiger partial charge in [0.25, 0.3) is 11.8 Å². The summed E-state index contributed by atoms with van der Waals surface area (Å²) in [5.74, 6) is -12.3. The maximum absolute atomic E-state index is 13.9. The molecule has 0 bridgehead atoms. The van der Waals surface area contributed by atoms with Crippen molar-refractivity contribution in [2.24, 2.45) is 17.6 Å². The molecule has 0 saturated carbocycles. The van der Waals surface area contributed by atoms with Crippen molar-refractivity contribution in [2.75, 3.05) is 27.2 Å². The number of aliphatic hydroxyl groups is 4. The summed E-state index contributed by atoms with van der Waals surface area (Å²) in [7, 11) is 2.93. The summed E-state index contributed by atoms with van der Waals surface area (Å²) in [6.45, 7) is 1.89. The number of piperidine rings is 1. The lowest BCUT2D eigenvalue weighted by Crippen LogP contribution is -2.68. The first-order valence-electron chi connectivity index (χ1n) is 13.3. The van der Waals surface area contributed by atoms with Crippen molar-refractivity contribution in [3.8, 4) is 5.75 Å². The van der Waals surface area contributed by atoms with Gasteiger partial charge in [0.1, 0.15) is 22.8 Å². The summed E-state index contributed by atoms with van der Waals surface area (Å²) >= 11 is 0. The number of halogens is 2. The molecule has 1 fully saturated rings. The highest BCUT2D eigenvalue weighted by Gasteiger charge is 2.67. The van der Waals surface area contributed by atoms with Gasteiger partial charge in [-0.2, -0.15) is 0 Å². The number of carbonyl (C=O) groups is 3. The number of primary amides is 1. The number of benzene rings is 1. The molecular formula is C28H33F2N3O8. The first-order valence-corrected chi connectivity index (χ1v) is 13.3. The fourth-order valence-electron chi connectivity index (χ4n) is 7.07. The number of nitrogens with two attached hydrogens (primary N) is 1. The van der Waals surface area contributed by atoms with Gasteiger partial charge < -0.3 is 31.3 Å². The van der Waals surface area contributed by atoms with Crippen molar-refractivity contribution < 1.29 is 48.7 Å². The van der Waals surface area contributed by atoms with Crippen LogP contribution in [0.4, 0.5) is 8.78 Å². The molecule has 13 heteroatoms. The first kappa shape index (κ1) is 29.1. The Hall–Kier alpha value is -3.39. The average Bonchev–Trinajstić information content (AvgIpc) is 2.88. The topological polar surface area (TPSA) is 185 Å². The zero-order valence-corrected chi connectivity index (χ0v) is 22.8. The SMILES string of the molecule is C[C@H]1c2ccc(CN3CCC(F)(F)CC3)c(O)c2C(=O)C2=C(O)[C@]3(O)C(=O)C(C(N)=O)=C(O)[C@@H](N(C)C)C3[C@@H](O)C21. The number of hydrogen-bond acceptors (Lipinski definition) is 10. The number of phenolic OH excluding ortho intramolecular Hbond substituents is 1. The van der Waals surface area contributed by atoms with Gasteiger partial charge in [-0.3, -0.25) is 24.2 Å². The van der Waals surface area contributed by atoms with E-state index in [2.05, 4.69) is 0 Å². The highest BCUT2D eigenvalue weighted by Crippen LogP contribution is 2.55. The van der Waals surface area contributed by atoms with E-state index in [0.29, 0.717) is 5.56 Å². The largest absolute Gasteiger partial charge is 0.510 e. The number of rotatable bonds is 4. The van der Waals surface area contributed by atoms with Gasteiger partial charge in [-0.25, -0.2) is 8.78 Å². The molecule has 41 heavy (non-hydrogen) atoms. The fourth-order valence-corrected chi connectivity index (χ4v) is 7.07. The van der Waals surface area contributed by atoms with Crippen molar-refractivity contribution in [1.29, 1.82) is 0 Å².